The third-order valence-corrected chi connectivity index (χ3v) is 3.78. The lowest BCUT2D eigenvalue weighted by Crippen LogP contribution is -2.50. The van der Waals surface area contributed by atoms with E-state index in [4.69, 9.17) is 5.73 Å². The number of hydrogen-bond donors (Lipinski definition) is 2. The van der Waals surface area contributed by atoms with E-state index in [0.29, 0.717) is 19.3 Å². The van der Waals surface area contributed by atoms with Crippen molar-refractivity contribution in [2.45, 2.75) is 31.7 Å². The van der Waals surface area contributed by atoms with Gasteiger partial charge in [-0.3, -0.25) is 14.4 Å². The molecule has 5 nitrogen and oxygen atoms in total. The number of halogens is 2. The van der Waals surface area contributed by atoms with Crippen molar-refractivity contribution >= 4 is 17.6 Å². The monoisotopic (exact) mass is 310 g/mol. The number of Topliss-reactive ketones (excluding diaryl/α,β-unsaturated/α-hetero) is 1. The largest absolute Gasteiger partial charge is 0.368 e. The van der Waals surface area contributed by atoms with Crippen LogP contribution in [0.25, 0.3) is 0 Å². The second-order valence-electron chi connectivity index (χ2n) is 5.35. The first-order chi connectivity index (χ1) is 10.4. The van der Waals surface area contributed by atoms with Crippen molar-refractivity contribution in [2.75, 3.05) is 0 Å². The third kappa shape index (κ3) is 3.47. The maximum absolute atomic E-state index is 13.6. The Morgan fingerprint density at radius 1 is 1.32 bits per heavy atom. The molecule has 22 heavy (non-hydrogen) atoms. The lowest BCUT2D eigenvalue weighted by Gasteiger charge is -2.28. The minimum Gasteiger partial charge on any atom is -0.368 e. The summed E-state index contributed by atoms with van der Waals surface area (Å²) in [5, 5.41) is 2.32. The molecule has 7 heteroatoms. The fourth-order valence-electron chi connectivity index (χ4n) is 2.66. The summed E-state index contributed by atoms with van der Waals surface area (Å²) in [5.41, 5.74) is 4.77. The summed E-state index contributed by atoms with van der Waals surface area (Å²) in [7, 11) is 0. The molecule has 0 heterocycles. The number of amides is 2. The van der Waals surface area contributed by atoms with E-state index in [-0.39, 0.29) is 12.2 Å². The third-order valence-electron chi connectivity index (χ3n) is 3.78. The van der Waals surface area contributed by atoms with E-state index in [9.17, 15) is 23.2 Å². The Hall–Kier alpha value is -2.31. The van der Waals surface area contributed by atoms with Gasteiger partial charge in [-0.05, 0) is 30.9 Å². The van der Waals surface area contributed by atoms with Gasteiger partial charge in [0.2, 0.25) is 5.91 Å². The van der Waals surface area contributed by atoms with E-state index in [2.05, 4.69) is 5.32 Å². The summed E-state index contributed by atoms with van der Waals surface area (Å²) >= 11 is 0. The smallest absolute Gasteiger partial charge is 0.255 e. The Labute approximate surface area is 125 Å². The van der Waals surface area contributed by atoms with Gasteiger partial charge in [-0.1, -0.05) is 6.07 Å². The number of nitrogens with one attached hydrogen (secondary N) is 1. The predicted octanol–water partition coefficient (Wildman–Crippen LogP) is 1.31. The van der Waals surface area contributed by atoms with E-state index >= 15 is 0 Å². The molecular weight excluding hydrogens is 294 g/mol. The first-order valence-corrected chi connectivity index (χ1v) is 6.96. The minimum atomic E-state index is -1.29. The maximum Gasteiger partial charge on any atom is 0.255 e. The minimum absolute atomic E-state index is 0.00585. The van der Waals surface area contributed by atoms with Crippen LogP contribution in [0.4, 0.5) is 8.78 Å². The summed E-state index contributed by atoms with van der Waals surface area (Å²) in [6.07, 6.45) is 1.75. The number of carbonyl (C=O) groups excluding carboxylic acids is 3. The van der Waals surface area contributed by atoms with Crippen LogP contribution in [0.15, 0.2) is 18.2 Å². The number of rotatable bonds is 4. The molecule has 0 unspecified atom stereocenters. The molecule has 2 atom stereocenters. The topological polar surface area (TPSA) is 89.3 Å². The van der Waals surface area contributed by atoms with Gasteiger partial charge in [0.1, 0.15) is 11.8 Å². The lowest BCUT2D eigenvalue weighted by molar-refractivity contribution is -0.124. The molecule has 1 aliphatic rings. The molecule has 0 bridgehead atoms. The highest BCUT2D eigenvalue weighted by Crippen LogP contribution is 2.24. The summed E-state index contributed by atoms with van der Waals surface area (Å²) < 4.78 is 26.8. The van der Waals surface area contributed by atoms with Crippen molar-refractivity contribution < 1.29 is 23.2 Å². The van der Waals surface area contributed by atoms with Crippen molar-refractivity contribution in [3.05, 3.63) is 35.4 Å². The molecule has 1 aromatic carbocycles. The van der Waals surface area contributed by atoms with E-state index < -0.39 is 41.0 Å². The molecule has 0 saturated heterocycles. The molecule has 118 valence electrons. The van der Waals surface area contributed by atoms with Crippen molar-refractivity contribution in [3.8, 4) is 0 Å². The van der Waals surface area contributed by atoms with Crippen molar-refractivity contribution in [3.63, 3.8) is 0 Å². The fourth-order valence-corrected chi connectivity index (χ4v) is 2.66. The number of carbonyl (C=O) groups is 3. The van der Waals surface area contributed by atoms with E-state index in [0.717, 1.165) is 12.1 Å². The van der Waals surface area contributed by atoms with Gasteiger partial charge in [-0.25, -0.2) is 8.78 Å². The molecule has 0 aromatic heterocycles. The number of hydrogen-bond acceptors (Lipinski definition) is 3. The molecule has 1 aromatic rings. The van der Waals surface area contributed by atoms with E-state index in [1.807, 2.05) is 0 Å². The zero-order valence-corrected chi connectivity index (χ0v) is 11.8. The van der Waals surface area contributed by atoms with Crippen LogP contribution in [0.1, 0.15) is 36.0 Å². The molecule has 0 spiro atoms. The summed E-state index contributed by atoms with van der Waals surface area (Å²) in [5.74, 6) is -4.60. The van der Waals surface area contributed by atoms with Crippen LogP contribution in [-0.2, 0) is 9.59 Å². The summed E-state index contributed by atoms with van der Waals surface area (Å²) in [6, 6.07) is 2.10. The van der Waals surface area contributed by atoms with Crippen LogP contribution in [-0.4, -0.2) is 23.6 Å². The first kappa shape index (κ1) is 16.1. The van der Waals surface area contributed by atoms with Gasteiger partial charge >= 0.3 is 0 Å². The van der Waals surface area contributed by atoms with Gasteiger partial charge in [0, 0.05) is 12.8 Å². The quantitative estimate of drug-likeness (QED) is 0.878. The Balaban J connectivity index is 2.17. The molecule has 0 radical (unpaired) electrons. The van der Waals surface area contributed by atoms with Crippen LogP contribution < -0.4 is 11.1 Å². The van der Waals surface area contributed by atoms with Crippen molar-refractivity contribution in [1.82, 2.24) is 5.32 Å². The number of benzene rings is 1. The van der Waals surface area contributed by atoms with E-state index in [1.54, 1.807) is 0 Å². The van der Waals surface area contributed by atoms with Crippen molar-refractivity contribution in [1.29, 1.82) is 0 Å². The standard InChI is InChI=1S/C15H16F2N2O3/c16-11-6-2-5-10(12(11)17)15(22)19-13(14(18)21)8-3-1-4-9(20)7-8/h2,5-6,8,13H,1,3-4,7H2,(H2,18,21)(H,19,22)/t8-,13-/m0/s1. The Morgan fingerprint density at radius 3 is 2.68 bits per heavy atom. The highest BCUT2D eigenvalue weighted by molar-refractivity contribution is 5.97. The van der Waals surface area contributed by atoms with Crippen LogP contribution in [0.3, 0.4) is 0 Å². The normalized spacial score (nSPS) is 19.5. The zero-order valence-electron chi connectivity index (χ0n) is 11.8. The molecule has 3 N–H and O–H groups in total. The number of ketones is 1. The highest BCUT2D eigenvalue weighted by atomic mass is 19.2. The van der Waals surface area contributed by atoms with Gasteiger partial charge in [0.05, 0.1) is 5.56 Å². The maximum atomic E-state index is 13.6. The van der Waals surface area contributed by atoms with E-state index in [1.165, 1.54) is 6.07 Å². The summed E-state index contributed by atoms with van der Waals surface area (Å²) in [6.45, 7) is 0. The molecule has 1 saturated carbocycles. The zero-order chi connectivity index (χ0) is 16.3. The molecule has 2 amide bonds. The van der Waals surface area contributed by atoms with Gasteiger partial charge in [0.25, 0.3) is 5.91 Å². The summed E-state index contributed by atoms with van der Waals surface area (Å²) in [4.78, 5) is 35.1. The predicted molar refractivity (Wildman–Crippen MR) is 73.8 cm³/mol. The van der Waals surface area contributed by atoms with Gasteiger partial charge in [0.15, 0.2) is 11.6 Å². The molecule has 1 aliphatic carbocycles. The van der Waals surface area contributed by atoms with Crippen LogP contribution in [0.2, 0.25) is 0 Å². The first-order valence-electron chi connectivity index (χ1n) is 6.96. The van der Waals surface area contributed by atoms with Gasteiger partial charge in [-0.15, -0.1) is 0 Å². The second kappa shape index (κ2) is 6.64. The Morgan fingerprint density at radius 2 is 2.05 bits per heavy atom. The fraction of sp³-hybridized carbons (Fsp3) is 0.400. The van der Waals surface area contributed by atoms with Gasteiger partial charge in [-0.2, -0.15) is 0 Å². The molecule has 2 rings (SSSR count). The lowest BCUT2D eigenvalue weighted by atomic mass is 9.82. The Bertz CT molecular complexity index is 619. The van der Waals surface area contributed by atoms with Crippen LogP contribution >= 0.6 is 0 Å². The Kier molecular flexibility index (Phi) is 4.85. The average molecular weight is 310 g/mol. The SMILES string of the molecule is NC(=O)[C@@H](NC(=O)c1cccc(F)c1F)[C@H]1CCCC(=O)C1. The average Bonchev–Trinajstić information content (AvgIpc) is 2.47. The number of primary amides is 1. The second-order valence-corrected chi connectivity index (χ2v) is 5.35. The molecule has 0 aliphatic heterocycles. The van der Waals surface area contributed by atoms with Gasteiger partial charge < -0.3 is 11.1 Å². The van der Waals surface area contributed by atoms with Crippen molar-refractivity contribution in [2.24, 2.45) is 11.7 Å². The molecular formula is C15H16F2N2O3. The van der Waals surface area contributed by atoms with Crippen LogP contribution in [0, 0.1) is 17.6 Å². The number of nitrogens with two attached hydrogens (primary N) is 1. The highest BCUT2D eigenvalue weighted by Gasteiger charge is 2.32. The molecule has 1 fully saturated rings. The van der Waals surface area contributed by atoms with Crippen LogP contribution in [0.5, 0.6) is 0 Å².